The highest BCUT2D eigenvalue weighted by molar-refractivity contribution is 9.10. The molecule has 1 aromatic carbocycles. The van der Waals surface area contributed by atoms with Crippen LogP contribution in [0.15, 0.2) is 22.7 Å². The van der Waals surface area contributed by atoms with Gasteiger partial charge >= 0.3 is 0 Å². The molecule has 98 valence electrons. The highest BCUT2D eigenvalue weighted by Gasteiger charge is 2.36. The maximum atomic E-state index is 5.96. The fourth-order valence-electron chi connectivity index (χ4n) is 3.23. The number of nitrogens with one attached hydrogen (secondary N) is 1. The summed E-state index contributed by atoms with van der Waals surface area (Å²) in [5.74, 6) is 0. The fraction of sp³-hybridized carbons (Fsp3) is 0.571. The van der Waals surface area contributed by atoms with E-state index in [1.165, 1.54) is 37.9 Å². The van der Waals surface area contributed by atoms with Gasteiger partial charge in [-0.1, -0.05) is 33.6 Å². The third-order valence-electron chi connectivity index (χ3n) is 4.18. The Labute approximate surface area is 122 Å². The molecule has 0 spiro atoms. The quantitative estimate of drug-likeness (QED) is 0.914. The summed E-state index contributed by atoms with van der Waals surface area (Å²) in [6.07, 6.45) is 4.02. The van der Waals surface area contributed by atoms with E-state index in [4.69, 9.17) is 11.6 Å². The van der Waals surface area contributed by atoms with Crippen molar-refractivity contribution in [2.45, 2.75) is 37.9 Å². The van der Waals surface area contributed by atoms with E-state index < -0.39 is 0 Å². The van der Waals surface area contributed by atoms with Gasteiger partial charge in [-0.2, -0.15) is 0 Å². The van der Waals surface area contributed by atoms with Crippen LogP contribution in [0.4, 0.5) is 0 Å². The normalized spacial score (nSPS) is 27.7. The Hall–Kier alpha value is -0.0900. The van der Waals surface area contributed by atoms with E-state index >= 15 is 0 Å². The maximum Gasteiger partial charge on any atom is 0.0417 e. The first kappa shape index (κ1) is 12.9. The van der Waals surface area contributed by atoms with Gasteiger partial charge in [0.25, 0.3) is 0 Å². The van der Waals surface area contributed by atoms with Crippen molar-refractivity contribution >= 4 is 27.5 Å². The number of nitrogens with zero attached hydrogens (tertiary/aromatic N) is 1. The molecule has 2 aliphatic heterocycles. The van der Waals surface area contributed by atoms with Gasteiger partial charge in [0.05, 0.1) is 0 Å². The molecule has 0 radical (unpaired) electrons. The monoisotopic (exact) mass is 328 g/mol. The molecule has 0 saturated carbocycles. The molecular weight excluding hydrogens is 312 g/mol. The van der Waals surface area contributed by atoms with Gasteiger partial charge < -0.3 is 5.32 Å². The van der Waals surface area contributed by atoms with E-state index in [2.05, 4.69) is 32.2 Å². The van der Waals surface area contributed by atoms with Gasteiger partial charge in [-0.15, -0.1) is 0 Å². The van der Waals surface area contributed by atoms with Gasteiger partial charge in [0.15, 0.2) is 0 Å². The van der Waals surface area contributed by atoms with Crippen molar-refractivity contribution in [1.82, 2.24) is 10.2 Å². The maximum absolute atomic E-state index is 5.96. The second kappa shape index (κ2) is 5.49. The Balaban J connectivity index is 1.61. The smallest absolute Gasteiger partial charge is 0.0417 e. The predicted octanol–water partition coefficient (Wildman–Crippen LogP) is 3.43. The Bertz CT molecular complexity index is 438. The number of fused-ring (bicyclic) bond motifs is 1. The first-order valence-corrected chi connectivity index (χ1v) is 7.82. The van der Waals surface area contributed by atoms with Crippen LogP contribution in [0.5, 0.6) is 0 Å². The number of hydrogen-bond donors (Lipinski definition) is 1. The molecule has 2 heterocycles. The van der Waals surface area contributed by atoms with E-state index in [1.54, 1.807) is 0 Å². The molecule has 0 amide bonds. The Morgan fingerprint density at radius 2 is 2.22 bits per heavy atom. The Morgan fingerprint density at radius 3 is 3.06 bits per heavy atom. The predicted molar refractivity (Wildman–Crippen MR) is 79.0 cm³/mol. The average molecular weight is 330 g/mol. The van der Waals surface area contributed by atoms with Gasteiger partial charge in [-0.25, -0.2) is 0 Å². The minimum absolute atomic E-state index is 0.662. The van der Waals surface area contributed by atoms with Crippen molar-refractivity contribution in [1.29, 1.82) is 0 Å². The summed E-state index contributed by atoms with van der Waals surface area (Å²) in [7, 11) is 0. The second-order valence-corrected chi connectivity index (χ2v) is 6.55. The lowest BCUT2D eigenvalue weighted by Gasteiger charge is -2.21. The number of rotatable bonds is 3. The van der Waals surface area contributed by atoms with E-state index in [0.717, 1.165) is 22.1 Å². The lowest BCUT2D eigenvalue weighted by atomic mass is 10.1. The van der Waals surface area contributed by atoms with Crippen molar-refractivity contribution < 1.29 is 0 Å². The highest BCUT2D eigenvalue weighted by atomic mass is 79.9. The SMILES string of the molecule is Clc1ccc(CNC2CCN3CCCC23)c(Br)c1. The minimum atomic E-state index is 0.662. The van der Waals surface area contributed by atoms with Crippen LogP contribution in [-0.2, 0) is 6.54 Å². The summed E-state index contributed by atoms with van der Waals surface area (Å²) in [5.41, 5.74) is 1.29. The molecule has 3 rings (SSSR count). The average Bonchev–Trinajstić information content (AvgIpc) is 2.91. The van der Waals surface area contributed by atoms with Gasteiger partial charge in [0.2, 0.25) is 0 Å². The summed E-state index contributed by atoms with van der Waals surface area (Å²) in [5, 5.41) is 4.50. The first-order chi connectivity index (χ1) is 8.74. The largest absolute Gasteiger partial charge is 0.308 e. The van der Waals surface area contributed by atoms with Crippen LogP contribution in [0, 0.1) is 0 Å². The molecule has 2 nitrogen and oxygen atoms in total. The first-order valence-electron chi connectivity index (χ1n) is 6.65. The van der Waals surface area contributed by atoms with Crippen LogP contribution in [0.3, 0.4) is 0 Å². The number of halogens is 2. The van der Waals surface area contributed by atoms with Gasteiger partial charge in [0.1, 0.15) is 0 Å². The number of benzene rings is 1. The minimum Gasteiger partial charge on any atom is -0.308 e. The van der Waals surface area contributed by atoms with Crippen LogP contribution in [0.1, 0.15) is 24.8 Å². The van der Waals surface area contributed by atoms with Crippen LogP contribution in [0.2, 0.25) is 5.02 Å². The molecule has 2 atom stereocenters. The van der Waals surface area contributed by atoms with Gasteiger partial charge in [-0.3, -0.25) is 4.90 Å². The van der Waals surface area contributed by atoms with Crippen molar-refractivity contribution in [2.24, 2.45) is 0 Å². The fourth-order valence-corrected chi connectivity index (χ4v) is 4.05. The summed E-state index contributed by atoms with van der Waals surface area (Å²) < 4.78 is 1.10. The molecule has 4 heteroatoms. The van der Waals surface area contributed by atoms with E-state index in [-0.39, 0.29) is 0 Å². The van der Waals surface area contributed by atoms with Crippen molar-refractivity contribution in [3.05, 3.63) is 33.3 Å². The van der Waals surface area contributed by atoms with Crippen LogP contribution in [-0.4, -0.2) is 30.1 Å². The molecule has 2 saturated heterocycles. The topological polar surface area (TPSA) is 15.3 Å². The zero-order chi connectivity index (χ0) is 12.5. The van der Waals surface area contributed by atoms with E-state index in [0.29, 0.717) is 6.04 Å². The van der Waals surface area contributed by atoms with Crippen molar-refractivity contribution in [3.8, 4) is 0 Å². The molecule has 1 N–H and O–H groups in total. The Kier molecular flexibility index (Phi) is 3.94. The summed E-state index contributed by atoms with van der Waals surface area (Å²) >= 11 is 9.54. The second-order valence-electron chi connectivity index (χ2n) is 5.26. The lowest BCUT2D eigenvalue weighted by molar-refractivity contribution is 0.298. The molecule has 1 aromatic rings. The van der Waals surface area contributed by atoms with Gasteiger partial charge in [0, 0.05) is 34.7 Å². The Morgan fingerprint density at radius 1 is 1.33 bits per heavy atom. The van der Waals surface area contributed by atoms with Crippen LogP contribution in [0.25, 0.3) is 0 Å². The summed E-state index contributed by atoms with van der Waals surface area (Å²) in [6, 6.07) is 7.46. The van der Waals surface area contributed by atoms with Crippen LogP contribution < -0.4 is 5.32 Å². The highest BCUT2D eigenvalue weighted by Crippen LogP contribution is 2.28. The van der Waals surface area contributed by atoms with Crippen molar-refractivity contribution in [3.63, 3.8) is 0 Å². The standard InChI is InChI=1S/C14H18BrClN2/c15-12-8-11(16)4-3-10(12)9-17-13-5-7-18-6-1-2-14(13)18/h3-4,8,13-14,17H,1-2,5-7,9H2. The van der Waals surface area contributed by atoms with E-state index in [9.17, 15) is 0 Å². The molecule has 0 bridgehead atoms. The molecular formula is C14H18BrClN2. The summed E-state index contributed by atoms with van der Waals surface area (Å²) in [4.78, 5) is 2.63. The third kappa shape index (κ3) is 2.60. The zero-order valence-corrected chi connectivity index (χ0v) is 12.7. The van der Waals surface area contributed by atoms with E-state index in [1.807, 2.05) is 12.1 Å². The molecule has 2 unspecified atom stereocenters. The number of hydrogen-bond acceptors (Lipinski definition) is 2. The van der Waals surface area contributed by atoms with Crippen molar-refractivity contribution in [2.75, 3.05) is 13.1 Å². The lowest BCUT2D eigenvalue weighted by Crippen LogP contribution is -2.38. The zero-order valence-electron chi connectivity index (χ0n) is 10.3. The third-order valence-corrected chi connectivity index (χ3v) is 5.15. The molecule has 0 aliphatic carbocycles. The molecule has 18 heavy (non-hydrogen) atoms. The molecule has 0 aromatic heterocycles. The van der Waals surface area contributed by atoms with Gasteiger partial charge in [-0.05, 0) is 43.5 Å². The molecule has 2 aliphatic rings. The summed E-state index contributed by atoms with van der Waals surface area (Å²) in [6.45, 7) is 3.49. The van der Waals surface area contributed by atoms with Crippen LogP contribution >= 0.6 is 27.5 Å². The molecule has 2 fully saturated rings.